The molecule has 26 heavy (non-hydrogen) atoms. The summed E-state index contributed by atoms with van der Waals surface area (Å²) >= 11 is 0. The number of benzene rings is 2. The van der Waals surface area contributed by atoms with E-state index in [1.807, 2.05) is 19.9 Å². The van der Waals surface area contributed by atoms with E-state index < -0.39 is 0 Å². The van der Waals surface area contributed by atoms with Crippen molar-refractivity contribution in [3.8, 4) is 11.8 Å². The van der Waals surface area contributed by atoms with E-state index in [1.165, 1.54) is 35.6 Å². The summed E-state index contributed by atoms with van der Waals surface area (Å²) in [5.74, 6) is 6.25. The lowest BCUT2D eigenvalue weighted by atomic mass is 9.91. The van der Waals surface area contributed by atoms with Gasteiger partial charge in [-0.3, -0.25) is 4.90 Å². The molecule has 1 aliphatic rings. The van der Waals surface area contributed by atoms with Crippen molar-refractivity contribution < 1.29 is 4.74 Å². The monoisotopic (exact) mass is 347 g/mol. The highest BCUT2D eigenvalue weighted by molar-refractivity contribution is 5.86. The van der Waals surface area contributed by atoms with Crippen molar-refractivity contribution in [2.24, 2.45) is 0 Å². The third kappa shape index (κ3) is 4.55. The Labute approximate surface area is 157 Å². The highest BCUT2D eigenvalue weighted by Crippen LogP contribution is 2.34. The molecule has 1 aliphatic heterocycles. The van der Waals surface area contributed by atoms with Gasteiger partial charge in [0.25, 0.3) is 0 Å². The van der Waals surface area contributed by atoms with Crippen LogP contribution in [0.3, 0.4) is 0 Å². The summed E-state index contributed by atoms with van der Waals surface area (Å²) in [6.07, 6.45) is 7.95. The van der Waals surface area contributed by atoms with Gasteiger partial charge in [-0.05, 0) is 55.6 Å². The number of hydrogen-bond donors (Lipinski definition) is 0. The van der Waals surface area contributed by atoms with Crippen LogP contribution in [0, 0.1) is 11.8 Å². The lowest BCUT2D eigenvalue weighted by Crippen LogP contribution is -2.33. The molecule has 2 heteroatoms. The molecular weight excluding hydrogens is 318 g/mol. The lowest BCUT2D eigenvalue weighted by molar-refractivity contribution is 0.0742. The molecule has 0 spiro atoms. The maximum Gasteiger partial charge on any atom is 0.123 e. The molecule has 3 rings (SSSR count). The maximum absolute atomic E-state index is 5.33. The van der Waals surface area contributed by atoms with Crippen molar-refractivity contribution in [1.82, 2.24) is 4.90 Å². The SMILES string of the molecule is COC(C)(C)C#C/C=C/CN1CCCCC1c1cccc2ccccc12. The lowest BCUT2D eigenvalue weighted by Gasteiger charge is -2.36. The summed E-state index contributed by atoms with van der Waals surface area (Å²) in [5.41, 5.74) is 1.07. The molecule has 0 saturated carbocycles. The van der Waals surface area contributed by atoms with Crippen LogP contribution in [-0.2, 0) is 4.74 Å². The molecule has 1 fully saturated rings. The predicted molar refractivity (Wildman–Crippen MR) is 110 cm³/mol. The molecule has 1 heterocycles. The molecule has 0 aliphatic carbocycles. The minimum atomic E-state index is -0.388. The van der Waals surface area contributed by atoms with E-state index in [0.29, 0.717) is 6.04 Å². The number of likely N-dealkylation sites (tertiary alicyclic amines) is 1. The van der Waals surface area contributed by atoms with Gasteiger partial charge < -0.3 is 4.74 Å². The van der Waals surface area contributed by atoms with E-state index in [2.05, 4.69) is 65.3 Å². The van der Waals surface area contributed by atoms with Gasteiger partial charge in [0.05, 0.1) is 0 Å². The molecule has 2 nitrogen and oxygen atoms in total. The zero-order valence-electron chi connectivity index (χ0n) is 16.2. The number of nitrogens with zero attached hydrogens (tertiary/aromatic N) is 1. The fourth-order valence-electron chi connectivity index (χ4n) is 3.62. The van der Waals surface area contributed by atoms with Gasteiger partial charge in [0.15, 0.2) is 0 Å². The van der Waals surface area contributed by atoms with Crippen molar-refractivity contribution in [2.45, 2.75) is 44.8 Å². The minimum Gasteiger partial charge on any atom is -0.366 e. The van der Waals surface area contributed by atoms with Gasteiger partial charge in [-0.2, -0.15) is 0 Å². The van der Waals surface area contributed by atoms with E-state index >= 15 is 0 Å². The van der Waals surface area contributed by atoms with Gasteiger partial charge in [-0.25, -0.2) is 0 Å². The van der Waals surface area contributed by atoms with Crippen LogP contribution in [0.1, 0.15) is 44.7 Å². The molecule has 2 aromatic carbocycles. The number of fused-ring (bicyclic) bond motifs is 1. The summed E-state index contributed by atoms with van der Waals surface area (Å²) in [4.78, 5) is 2.59. The molecule has 1 unspecified atom stereocenters. The zero-order chi connectivity index (χ0) is 18.4. The third-order valence-electron chi connectivity index (χ3n) is 5.22. The van der Waals surface area contributed by atoms with Crippen molar-refractivity contribution >= 4 is 10.8 Å². The summed E-state index contributed by atoms with van der Waals surface area (Å²) in [5, 5.41) is 2.72. The van der Waals surface area contributed by atoms with E-state index in [0.717, 1.165) is 13.1 Å². The zero-order valence-corrected chi connectivity index (χ0v) is 16.2. The summed E-state index contributed by atoms with van der Waals surface area (Å²) in [6, 6.07) is 15.9. The van der Waals surface area contributed by atoms with Crippen LogP contribution >= 0.6 is 0 Å². The van der Waals surface area contributed by atoms with Crippen LogP contribution in [0.25, 0.3) is 10.8 Å². The van der Waals surface area contributed by atoms with Crippen LogP contribution in [0.4, 0.5) is 0 Å². The number of piperidine rings is 1. The Bertz CT molecular complexity index is 819. The Kier molecular flexibility index (Phi) is 6.14. The Morgan fingerprint density at radius 3 is 2.81 bits per heavy atom. The standard InChI is InChI=1S/C24H29NO/c1-24(2,26-3)17-8-4-9-18-25-19-10-7-16-23(25)22-15-11-13-20-12-5-6-14-21(20)22/h4-6,9,11-15,23H,7,10,16,18-19H2,1-3H3/b9-4+. The maximum atomic E-state index is 5.33. The molecule has 0 N–H and O–H groups in total. The van der Waals surface area contributed by atoms with Crippen LogP contribution in [-0.4, -0.2) is 30.7 Å². The van der Waals surface area contributed by atoms with Crippen LogP contribution in [0.5, 0.6) is 0 Å². The van der Waals surface area contributed by atoms with E-state index in [9.17, 15) is 0 Å². The Hall–Kier alpha value is -2.08. The van der Waals surface area contributed by atoms with Crippen molar-refractivity contribution in [3.63, 3.8) is 0 Å². The molecule has 0 radical (unpaired) electrons. The molecule has 2 aromatic rings. The quantitative estimate of drug-likeness (QED) is 0.691. The highest BCUT2D eigenvalue weighted by atomic mass is 16.5. The highest BCUT2D eigenvalue weighted by Gasteiger charge is 2.24. The first kappa shape index (κ1) is 18.7. The van der Waals surface area contributed by atoms with Gasteiger partial charge in [0, 0.05) is 19.7 Å². The minimum absolute atomic E-state index is 0.388. The van der Waals surface area contributed by atoms with Crippen molar-refractivity contribution in [3.05, 3.63) is 60.2 Å². The normalized spacial score (nSPS) is 18.8. The Balaban J connectivity index is 1.76. The van der Waals surface area contributed by atoms with Crippen LogP contribution < -0.4 is 0 Å². The fraction of sp³-hybridized carbons (Fsp3) is 0.417. The van der Waals surface area contributed by atoms with Gasteiger partial charge >= 0.3 is 0 Å². The second-order valence-electron chi connectivity index (χ2n) is 7.46. The van der Waals surface area contributed by atoms with Gasteiger partial charge in [-0.1, -0.05) is 66.8 Å². The fourth-order valence-corrected chi connectivity index (χ4v) is 3.62. The summed E-state index contributed by atoms with van der Waals surface area (Å²) in [6.45, 7) is 6.05. The first-order valence-electron chi connectivity index (χ1n) is 9.55. The Morgan fingerprint density at radius 1 is 1.15 bits per heavy atom. The van der Waals surface area contributed by atoms with Crippen molar-refractivity contribution in [2.75, 3.05) is 20.2 Å². The molecule has 136 valence electrons. The van der Waals surface area contributed by atoms with E-state index in [-0.39, 0.29) is 5.60 Å². The number of methoxy groups -OCH3 is 1. The smallest absolute Gasteiger partial charge is 0.123 e. The number of rotatable bonds is 4. The van der Waals surface area contributed by atoms with E-state index in [1.54, 1.807) is 7.11 Å². The second-order valence-corrected chi connectivity index (χ2v) is 7.46. The van der Waals surface area contributed by atoms with Crippen LogP contribution in [0.2, 0.25) is 0 Å². The predicted octanol–water partition coefficient (Wildman–Crippen LogP) is 5.35. The molecule has 0 amide bonds. The van der Waals surface area contributed by atoms with Gasteiger partial charge in [0.2, 0.25) is 0 Å². The topological polar surface area (TPSA) is 12.5 Å². The van der Waals surface area contributed by atoms with Gasteiger partial charge in [0.1, 0.15) is 5.60 Å². The Morgan fingerprint density at radius 2 is 1.96 bits per heavy atom. The molecule has 0 aromatic heterocycles. The molecule has 0 bridgehead atoms. The average molecular weight is 348 g/mol. The van der Waals surface area contributed by atoms with Crippen molar-refractivity contribution in [1.29, 1.82) is 0 Å². The molecule has 1 atom stereocenters. The number of hydrogen-bond acceptors (Lipinski definition) is 2. The first-order valence-corrected chi connectivity index (χ1v) is 9.55. The van der Waals surface area contributed by atoms with Crippen LogP contribution in [0.15, 0.2) is 54.6 Å². The third-order valence-corrected chi connectivity index (χ3v) is 5.22. The van der Waals surface area contributed by atoms with E-state index in [4.69, 9.17) is 4.74 Å². The summed E-state index contributed by atoms with van der Waals surface area (Å²) in [7, 11) is 1.70. The van der Waals surface area contributed by atoms with Gasteiger partial charge in [-0.15, -0.1) is 0 Å². The second kappa shape index (κ2) is 8.54. The largest absolute Gasteiger partial charge is 0.366 e. The number of ether oxygens (including phenoxy) is 1. The average Bonchev–Trinajstić information content (AvgIpc) is 2.67. The number of allylic oxidation sites excluding steroid dienone is 1. The summed E-state index contributed by atoms with van der Waals surface area (Å²) < 4.78 is 5.33. The first-order chi connectivity index (χ1) is 12.6. The molecule has 1 saturated heterocycles. The molecular formula is C24H29NO.